The number of rotatable bonds is 2. The molecule has 0 amide bonds. The Kier molecular flexibility index (Phi) is 3.04. The number of halogens is 4. The summed E-state index contributed by atoms with van der Waals surface area (Å²) >= 11 is 1.55. The van der Waals surface area contributed by atoms with Crippen LogP contribution >= 0.6 is 22.6 Å². The topological polar surface area (TPSA) is 37.9 Å². The molecule has 0 aromatic carbocycles. The van der Waals surface area contributed by atoms with Crippen LogP contribution < -0.4 is 4.74 Å². The monoisotopic (exact) mass is 306 g/mol. The van der Waals surface area contributed by atoms with E-state index < -0.39 is 11.9 Å². The van der Waals surface area contributed by atoms with E-state index in [0.717, 1.165) is 0 Å². The summed E-state index contributed by atoms with van der Waals surface area (Å²) in [4.78, 5) is 0. The van der Waals surface area contributed by atoms with Gasteiger partial charge in [-0.25, -0.2) is 0 Å². The Morgan fingerprint density at radius 3 is 2.54 bits per heavy atom. The quantitative estimate of drug-likeness (QED) is 0.852. The van der Waals surface area contributed by atoms with Gasteiger partial charge < -0.3 is 4.74 Å². The van der Waals surface area contributed by atoms with Gasteiger partial charge in [0.05, 0.1) is 6.61 Å². The number of H-pyrrole nitrogens is 1. The van der Waals surface area contributed by atoms with Crippen LogP contribution in [0, 0.1) is 3.57 Å². The van der Waals surface area contributed by atoms with Crippen LogP contribution in [0.4, 0.5) is 13.2 Å². The van der Waals surface area contributed by atoms with Gasteiger partial charge in [-0.2, -0.15) is 13.2 Å². The van der Waals surface area contributed by atoms with E-state index in [1.54, 1.807) is 29.5 Å². The molecule has 74 valence electrons. The average Bonchev–Trinajstić information content (AvgIpc) is 2.32. The van der Waals surface area contributed by atoms with E-state index in [0.29, 0.717) is 0 Å². The molecule has 13 heavy (non-hydrogen) atoms. The predicted octanol–water partition coefficient (Wildman–Crippen LogP) is 2.43. The average molecular weight is 306 g/mol. The van der Waals surface area contributed by atoms with Gasteiger partial charge in [-0.3, -0.25) is 5.10 Å². The Bertz CT molecular complexity index is 297. The van der Waals surface area contributed by atoms with Gasteiger partial charge in [-0.05, 0) is 29.5 Å². The van der Waals surface area contributed by atoms with Gasteiger partial charge in [0.15, 0.2) is 5.69 Å². The lowest BCUT2D eigenvalue weighted by molar-refractivity contribution is -0.141. The van der Waals surface area contributed by atoms with Gasteiger partial charge in [0.2, 0.25) is 5.88 Å². The van der Waals surface area contributed by atoms with Crippen molar-refractivity contribution >= 4 is 22.6 Å². The van der Waals surface area contributed by atoms with Gasteiger partial charge in [0, 0.05) is 0 Å². The third-order valence-corrected chi connectivity index (χ3v) is 2.24. The summed E-state index contributed by atoms with van der Waals surface area (Å²) in [6, 6.07) is 0. The summed E-state index contributed by atoms with van der Waals surface area (Å²) in [5.74, 6) is -0.00424. The van der Waals surface area contributed by atoms with Crippen molar-refractivity contribution in [3.05, 3.63) is 9.26 Å². The van der Waals surface area contributed by atoms with E-state index in [-0.39, 0.29) is 16.1 Å². The molecule has 0 aliphatic carbocycles. The maximum atomic E-state index is 12.2. The number of alkyl halides is 3. The molecule has 0 bridgehead atoms. The van der Waals surface area contributed by atoms with Crippen molar-refractivity contribution in [3.8, 4) is 5.88 Å². The summed E-state index contributed by atoms with van der Waals surface area (Å²) < 4.78 is 41.3. The first-order chi connectivity index (χ1) is 5.96. The van der Waals surface area contributed by atoms with Gasteiger partial charge in [-0.15, -0.1) is 5.10 Å². The molecule has 0 atom stereocenters. The number of aromatic nitrogens is 2. The van der Waals surface area contributed by atoms with Crippen molar-refractivity contribution in [2.24, 2.45) is 0 Å². The molecule has 0 radical (unpaired) electrons. The molecule has 0 aliphatic rings. The smallest absolute Gasteiger partial charge is 0.433 e. The zero-order valence-corrected chi connectivity index (χ0v) is 8.73. The van der Waals surface area contributed by atoms with E-state index >= 15 is 0 Å². The molecule has 1 N–H and O–H groups in total. The zero-order valence-electron chi connectivity index (χ0n) is 6.57. The van der Waals surface area contributed by atoms with Crippen LogP contribution in [0.15, 0.2) is 0 Å². The number of nitrogens with zero attached hydrogens (tertiary/aromatic N) is 1. The maximum Gasteiger partial charge on any atom is 0.433 e. The maximum absolute atomic E-state index is 12.2. The van der Waals surface area contributed by atoms with Gasteiger partial charge in [-0.1, -0.05) is 0 Å². The minimum atomic E-state index is -4.40. The molecule has 1 heterocycles. The lowest BCUT2D eigenvalue weighted by Crippen LogP contribution is -2.07. The third-order valence-electron chi connectivity index (χ3n) is 1.24. The first-order valence-corrected chi connectivity index (χ1v) is 4.48. The van der Waals surface area contributed by atoms with Crippen LogP contribution in [0.5, 0.6) is 5.88 Å². The molecule has 0 spiro atoms. The lowest BCUT2D eigenvalue weighted by atomic mass is 10.4. The molecule has 0 fully saturated rings. The normalized spacial score (nSPS) is 11.8. The van der Waals surface area contributed by atoms with Crippen LogP contribution in [0.2, 0.25) is 0 Å². The summed E-state index contributed by atoms with van der Waals surface area (Å²) in [7, 11) is 0. The van der Waals surface area contributed by atoms with Crippen LogP contribution in [0.1, 0.15) is 12.6 Å². The summed E-state index contributed by atoms with van der Waals surface area (Å²) in [6.07, 6.45) is -4.40. The van der Waals surface area contributed by atoms with Crippen LogP contribution in [0.25, 0.3) is 0 Å². The van der Waals surface area contributed by atoms with E-state index in [9.17, 15) is 13.2 Å². The van der Waals surface area contributed by atoms with Crippen molar-refractivity contribution in [1.29, 1.82) is 0 Å². The second-order valence-corrected chi connectivity index (χ2v) is 3.23. The largest absolute Gasteiger partial charge is 0.476 e. The second kappa shape index (κ2) is 3.72. The highest BCUT2D eigenvalue weighted by molar-refractivity contribution is 14.1. The van der Waals surface area contributed by atoms with E-state index in [1.807, 2.05) is 5.10 Å². The van der Waals surface area contributed by atoms with Crippen LogP contribution in [-0.2, 0) is 6.18 Å². The first kappa shape index (κ1) is 10.6. The zero-order chi connectivity index (χ0) is 10.1. The fourth-order valence-corrected chi connectivity index (χ4v) is 1.43. The molecule has 7 heteroatoms. The van der Waals surface area contributed by atoms with Gasteiger partial charge in [0.1, 0.15) is 3.57 Å². The SMILES string of the molecule is CCOc1n[nH]c(C(F)(F)F)c1I. The number of ether oxygens (including phenoxy) is 1. The molecular weight excluding hydrogens is 300 g/mol. The molecule has 1 rings (SSSR count). The number of aromatic amines is 1. The molecule has 0 saturated heterocycles. The van der Waals surface area contributed by atoms with Crippen LogP contribution in [0.3, 0.4) is 0 Å². The minimum Gasteiger partial charge on any atom is -0.476 e. The summed E-state index contributed by atoms with van der Waals surface area (Å²) in [6.45, 7) is 1.97. The molecule has 0 unspecified atom stereocenters. The Labute approximate surface area is 85.8 Å². The lowest BCUT2D eigenvalue weighted by Gasteiger charge is -2.02. The highest BCUT2D eigenvalue weighted by atomic mass is 127. The molecule has 1 aromatic rings. The standard InChI is InChI=1S/C6H6F3IN2O/c1-2-13-5-3(10)4(11-12-5)6(7,8)9/h2H2,1H3,(H,11,12). The number of nitrogens with one attached hydrogen (secondary N) is 1. The van der Waals surface area contributed by atoms with Gasteiger partial charge in [0.25, 0.3) is 0 Å². The molecular formula is C6H6F3IN2O. The Hall–Kier alpha value is -0.470. The van der Waals surface area contributed by atoms with Gasteiger partial charge >= 0.3 is 6.18 Å². The van der Waals surface area contributed by atoms with Crippen molar-refractivity contribution in [2.75, 3.05) is 6.61 Å². The molecule has 3 nitrogen and oxygen atoms in total. The first-order valence-electron chi connectivity index (χ1n) is 3.40. The van der Waals surface area contributed by atoms with Crippen LogP contribution in [-0.4, -0.2) is 16.8 Å². The molecule has 0 saturated carbocycles. The number of hydrogen-bond donors (Lipinski definition) is 1. The molecule has 1 aromatic heterocycles. The Morgan fingerprint density at radius 1 is 1.54 bits per heavy atom. The Balaban J connectivity index is 2.99. The van der Waals surface area contributed by atoms with Crippen molar-refractivity contribution < 1.29 is 17.9 Å². The third kappa shape index (κ3) is 2.26. The predicted molar refractivity (Wildman–Crippen MR) is 47.5 cm³/mol. The fraction of sp³-hybridized carbons (Fsp3) is 0.500. The Morgan fingerprint density at radius 2 is 2.15 bits per heavy atom. The highest BCUT2D eigenvalue weighted by Gasteiger charge is 2.37. The molecule has 0 aliphatic heterocycles. The fourth-order valence-electron chi connectivity index (χ4n) is 0.732. The summed E-state index contributed by atoms with van der Waals surface area (Å²) in [5, 5.41) is 5.29. The van der Waals surface area contributed by atoms with E-state index in [1.165, 1.54) is 0 Å². The second-order valence-electron chi connectivity index (χ2n) is 2.15. The number of hydrogen-bond acceptors (Lipinski definition) is 2. The highest BCUT2D eigenvalue weighted by Crippen LogP contribution is 2.34. The van der Waals surface area contributed by atoms with E-state index in [4.69, 9.17) is 4.74 Å². The van der Waals surface area contributed by atoms with Crippen molar-refractivity contribution in [1.82, 2.24) is 10.2 Å². The van der Waals surface area contributed by atoms with Crippen molar-refractivity contribution in [3.63, 3.8) is 0 Å². The van der Waals surface area contributed by atoms with Crippen molar-refractivity contribution in [2.45, 2.75) is 13.1 Å². The minimum absolute atomic E-state index is 0.00424. The van der Waals surface area contributed by atoms with E-state index in [2.05, 4.69) is 5.10 Å². The summed E-state index contributed by atoms with van der Waals surface area (Å²) in [5.41, 5.74) is -0.864.